The predicted molar refractivity (Wildman–Crippen MR) is 47.4 cm³/mol. The molecule has 0 aromatic rings. The van der Waals surface area contributed by atoms with Crippen molar-refractivity contribution in [3.05, 3.63) is 12.7 Å². The Bertz CT molecular complexity index is 116. The fourth-order valence-corrected chi connectivity index (χ4v) is 0. The summed E-state index contributed by atoms with van der Waals surface area (Å²) in [6.07, 6.45) is 2.96. The van der Waals surface area contributed by atoms with E-state index in [2.05, 4.69) is 13.5 Å². The van der Waals surface area contributed by atoms with E-state index in [9.17, 15) is 0 Å². The molecule has 4 N–H and O–H groups in total. The van der Waals surface area contributed by atoms with Crippen molar-refractivity contribution in [1.82, 2.24) is 0 Å². The summed E-state index contributed by atoms with van der Waals surface area (Å²) < 4.78 is 17.5. The average Bonchev–Trinajstić information content (AvgIpc) is 1.85. The fraction of sp³-hybridized carbons (Fsp3) is 0.500. The topological polar surface area (TPSA) is 115 Å². The first-order valence-corrected chi connectivity index (χ1v) is 5.43. The number of allylic oxidation sites excluding steroid dienone is 1. The second-order valence-corrected chi connectivity index (χ2v) is 2.39. The summed E-state index contributed by atoms with van der Waals surface area (Å²) >= 11 is 0. The average molecular weight is 220 g/mol. The van der Waals surface area contributed by atoms with Crippen molar-refractivity contribution in [1.29, 1.82) is 0 Å². The van der Waals surface area contributed by atoms with Crippen molar-refractivity contribution in [2.24, 2.45) is 0 Å². The molecule has 0 rings (SSSR count). The Morgan fingerprint density at radius 1 is 1.17 bits per heavy atom. The van der Waals surface area contributed by atoms with E-state index in [-0.39, 0.29) is 0 Å². The molecule has 0 saturated carbocycles. The van der Waals surface area contributed by atoms with Crippen LogP contribution in [0.2, 0.25) is 0 Å². The zero-order chi connectivity index (χ0) is 10.6. The normalized spacial score (nSPS) is 7.92. The zero-order valence-corrected chi connectivity index (χ0v) is 8.60. The van der Waals surface area contributed by atoms with Crippen molar-refractivity contribution in [3.63, 3.8) is 0 Å². The molecule has 0 aromatic heterocycles. The molecule has 0 fully saturated rings. The van der Waals surface area contributed by atoms with Crippen LogP contribution in [0.4, 0.5) is 0 Å². The second-order valence-electron chi connectivity index (χ2n) is 1.26. The van der Waals surface area contributed by atoms with Gasteiger partial charge in [0, 0.05) is 0 Å². The zero-order valence-electron chi connectivity index (χ0n) is 6.60. The van der Waals surface area contributed by atoms with Crippen LogP contribution in [0.25, 0.3) is 0 Å². The van der Waals surface area contributed by atoms with Crippen LogP contribution < -0.4 is 0 Å². The molecular formula is C4H14O6P2. The maximum absolute atomic E-state index is 8.74. The molecule has 0 aliphatic heterocycles. The maximum Gasteiger partial charge on any atom is 0.314 e. The Kier molecular flexibility index (Phi) is 25.8. The molecule has 12 heavy (non-hydrogen) atoms. The lowest BCUT2D eigenvalue weighted by Gasteiger charge is -1.61. The largest absolute Gasteiger partial charge is 0.326 e. The van der Waals surface area contributed by atoms with Crippen LogP contribution >= 0.6 is 16.5 Å². The third-order valence-corrected chi connectivity index (χ3v) is 0.289. The minimum absolute atomic E-state index is 1.08. The van der Waals surface area contributed by atoms with E-state index in [1.165, 1.54) is 0 Å². The minimum atomic E-state index is -3.13. The molecule has 0 amide bonds. The SMILES string of the molecule is C=CCC.O=[PH](O)O.O=[PH](O)O. The van der Waals surface area contributed by atoms with Gasteiger partial charge < -0.3 is 19.6 Å². The summed E-state index contributed by atoms with van der Waals surface area (Å²) in [6.45, 7) is 5.54. The minimum Gasteiger partial charge on any atom is -0.326 e. The smallest absolute Gasteiger partial charge is 0.314 e. The Balaban J connectivity index is -0.000000101. The van der Waals surface area contributed by atoms with E-state index >= 15 is 0 Å². The molecule has 0 saturated heterocycles. The maximum atomic E-state index is 8.74. The molecule has 0 aromatic carbocycles. The standard InChI is InChI=1S/C4H8.2H3O3P/c1-3-4-2;2*1-4(2)3/h3H,1,4H2,2H3;2*4H,(H2,1,2,3). The van der Waals surface area contributed by atoms with Crippen molar-refractivity contribution in [2.45, 2.75) is 13.3 Å². The molecule has 0 atom stereocenters. The van der Waals surface area contributed by atoms with Gasteiger partial charge in [0.15, 0.2) is 0 Å². The summed E-state index contributed by atoms with van der Waals surface area (Å²) in [5.74, 6) is 0. The van der Waals surface area contributed by atoms with Gasteiger partial charge in [0.1, 0.15) is 0 Å². The highest BCUT2D eigenvalue weighted by Gasteiger charge is 1.62. The van der Waals surface area contributed by atoms with Gasteiger partial charge in [0.2, 0.25) is 0 Å². The van der Waals surface area contributed by atoms with Crippen LogP contribution in [-0.2, 0) is 9.13 Å². The number of rotatable bonds is 1. The Hall–Kier alpha value is 0.0400. The first-order chi connectivity index (χ1) is 5.38. The molecule has 8 heteroatoms. The van der Waals surface area contributed by atoms with Gasteiger partial charge in [-0.2, -0.15) is 0 Å². The van der Waals surface area contributed by atoms with Gasteiger partial charge in [0.25, 0.3) is 0 Å². The number of hydrogen-bond donors (Lipinski definition) is 4. The first kappa shape index (κ1) is 18.0. The van der Waals surface area contributed by atoms with E-state index < -0.39 is 16.5 Å². The molecule has 0 spiro atoms. The van der Waals surface area contributed by atoms with Gasteiger partial charge >= 0.3 is 16.5 Å². The predicted octanol–water partition coefficient (Wildman–Crippen LogP) is 0.304. The molecule has 0 aliphatic rings. The van der Waals surface area contributed by atoms with E-state index in [0.717, 1.165) is 6.42 Å². The van der Waals surface area contributed by atoms with Crippen LogP contribution in [0.5, 0.6) is 0 Å². The van der Waals surface area contributed by atoms with E-state index in [0.29, 0.717) is 0 Å². The quantitative estimate of drug-likeness (QED) is 0.373. The Labute approximate surface area is 72.1 Å². The molecule has 0 unspecified atom stereocenters. The molecule has 76 valence electrons. The van der Waals surface area contributed by atoms with Crippen molar-refractivity contribution in [3.8, 4) is 0 Å². The summed E-state index contributed by atoms with van der Waals surface area (Å²) in [7, 11) is -6.26. The van der Waals surface area contributed by atoms with Gasteiger partial charge in [-0.3, -0.25) is 9.13 Å². The van der Waals surface area contributed by atoms with Crippen molar-refractivity contribution < 1.29 is 28.7 Å². The van der Waals surface area contributed by atoms with E-state index in [4.69, 9.17) is 28.7 Å². The van der Waals surface area contributed by atoms with Gasteiger partial charge in [-0.1, -0.05) is 13.0 Å². The fourth-order valence-electron chi connectivity index (χ4n) is 0. The molecule has 0 heterocycles. The summed E-state index contributed by atoms with van der Waals surface area (Å²) in [5, 5.41) is 0. The third-order valence-electron chi connectivity index (χ3n) is 0.289. The van der Waals surface area contributed by atoms with Crippen LogP contribution in [0.1, 0.15) is 13.3 Å². The molecule has 0 radical (unpaired) electrons. The lowest BCUT2D eigenvalue weighted by Crippen LogP contribution is -1.38. The molecule has 0 bridgehead atoms. The second kappa shape index (κ2) is 17.2. The molecule has 0 aliphatic carbocycles. The van der Waals surface area contributed by atoms with E-state index in [1.807, 2.05) is 6.08 Å². The van der Waals surface area contributed by atoms with Crippen LogP contribution in [0.15, 0.2) is 12.7 Å². The van der Waals surface area contributed by atoms with Gasteiger partial charge in [-0.05, 0) is 6.42 Å². The summed E-state index contributed by atoms with van der Waals surface area (Å²) in [5.41, 5.74) is 0. The van der Waals surface area contributed by atoms with E-state index in [1.54, 1.807) is 0 Å². The van der Waals surface area contributed by atoms with Crippen molar-refractivity contribution >= 4 is 16.5 Å². The van der Waals surface area contributed by atoms with Gasteiger partial charge in [-0.15, -0.1) is 6.58 Å². The van der Waals surface area contributed by atoms with Crippen LogP contribution in [0.3, 0.4) is 0 Å². The summed E-state index contributed by atoms with van der Waals surface area (Å²) in [6, 6.07) is 0. The molecule has 6 nitrogen and oxygen atoms in total. The highest BCUT2D eigenvalue weighted by atomic mass is 31.1. The number of hydrogen-bond acceptors (Lipinski definition) is 2. The lowest BCUT2D eigenvalue weighted by atomic mass is 10.5. The monoisotopic (exact) mass is 220 g/mol. The molecular weight excluding hydrogens is 206 g/mol. The Morgan fingerprint density at radius 2 is 1.25 bits per heavy atom. The Morgan fingerprint density at radius 3 is 1.25 bits per heavy atom. The van der Waals surface area contributed by atoms with Crippen LogP contribution in [0, 0.1) is 0 Å². The van der Waals surface area contributed by atoms with Gasteiger partial charge in [-0.25, -0.2) is 0 Å². The highest BCUT2D eigenvalue weighted by molar-refractivity contribution is 7.31. The third kappa shape index (κ3) is 759. The lowest BCUT2D eigenvalue weighted by molar-refractivity contribution is 0.403. The highest BCUT2D eigenvalue weighted by Crippen LogP contribution is 1.98. The summed E-state index contributed by atoms with van der Waals surface area (Å²) in [4.78, 5) is 28.6. The van der Waals surface area contributed by atoms with Crippen molar-refractivity contribution in [2.75, 3.05) is 0 Å². The first-order valence-electron chi connectivity index (χ1n) is 2.83. The van der Waals surface area contributed by atoms with Gasteiger partial charge in [0.05, 0.1) is 0 Å². The van der Waals surface area contributed by atoms with Crippen LogP contribution in [-0.4, -0.2) is 19.6 Å².